The first kappa shape index (κ1) is 20.4. The molecule has 4 aliphatic rings. The molecule has 3 saturated carbocycles. The summed E-state index contributed by atoms with van der Waals surface area (Å²) in [6.07, 6.45) is 7.19. The van der Waals surface area contributed by atoms with Gasteiger partial charge in [0.15, 0.2) is 0 Å². The predicted molar refractivity (Wildman–Crippen MR) is 110 cm³/mol. The van der Waals surface area contributed by atoms with E-state index in [9.17, 15) is 19.5 Å². The number of amides is 1. The summed E-state index contributed by atoms with van der Waals surface area (Å²) in [6.45, 7) is 3.62. The summed E-state index contributed by atoms with van der Waals surface area (Å²) in [6, 6.07) is 0. The Kier molecular flexibility index (Phi) is 5.69. The number of carbonyl (C=O) groups excluding carboxylic acids is 2. The number of carbonyl (C=O) groups is 3. The van der Waals surface area contributed by atoms with Gasteiger partial charge in [0, 0.05) is 4.88 Å². The van der Waals surface area contributed by atoms with E-state index < -0.39 is 23.8 Å². The third-order valence-electron chi connectivity index (χ3n) is 6.76. The standard InChI is InChI=1S/C22H29NO5S/c1-11(2)28-22(27)18-14-5-3-4-6-15(14)29-20(18)23-19(24)16-12-7-9-13(10-8-12)17(16)21(25)26/h11-13,16-17H,3-10H2,1-2H3,(H,23,24)(H,25,26)/t12?,13?,16-,17-/m1/s1. The van der Waals surface area contributed by atoms with Crippen molar-refractivity contribution in [1.29, 1.82) is 0 Å². The van der Waals surface area contributed by atoms with Gasteiger partial charge in [-0.15, -0.1) is 11.3 Å². The number of carboxylic acid groups (broad SMARTS) is 1. The number of carboxylic acids is 1. The molecule has 5 rings (SSSR count). The van der Waals surface area contributed by atoms with E-state index in [-0.39, 0.29) is 23.8 Å². The van der Waals surface area contributed by atoms with Gasteiger partial charge in [-0.05, 0) is 82.6 Å². The van der Waals surface area contributed by atoms with Gasteiger partial charge in [0.25, 0.3) is 0 Å². The van der Waals surface area contributed by atoms with E-state index in [1.165, 1.54) is 11.3 Å². The summed E-state index contributed by atoms with van der Waals surface area (Å²) in [7, 11) is 0. The molecular formula is C22H29NO5S. The van der Waals surface area contributed by atoms with Crippen LogP contribution in [0.25, 0.3) is 0 Å². The quantitative estimate of drug-likeness (QED) is 0.696. The smallest absolute Gasteiger partial charge is 0.341 e. The number of thiophene rings is 1. The van der Waals surface area contributed by atoms with Gasteiger partial charge in [0.1, 0.15) is 5.00 Å². The first-order chi connectivity index (χ1) is 13.9. The molecule has 0 aliphatic heterocycles. The van der Waals surface area contributed by atoms with Gasteiger partial charge in [0.05, 0.1) is 23.5 Å². The third-order valence-corrected chi connectivity index (χ3v) is 7.97. The second kappa shape index (κ2) is 8.09. The van der Waals surface area contributed by atoms with Gasteiger partial charge in [-0.1, -0.05) is 0 Å². The summed E-state index contributed by atoms with van der Waals surface area (Å²) < 4.78 is 5.46. The summed E-state index contributed by atoms with van der Waals surface area (Å²) in [5.41, 5.74) is 1.49. The van der Waals surface area contributed by atoms with Gasteiger partial charge in [-0.2, -0.15) is 0 Å². The normalized spacial score (nSPS) is 28.1. The number of esters is 1. The van der Waals surface area contributed by atoms with Gasteiger partial charge in [-0.25, -0.2) is 4.79 Å². The van der Waals surface area contributed by atoms with Crippen LogP contribution < -0.4 is 5.32 Å². The first-order valence-electron chi connectivity index (χ1n) is 10.8. The van der Waals surface area contributed by atoms with Crippen molar-refractivity contribution in [3.63, 3.8) is 0 Å². The van der Waals surface area contributed by atoms with Crippen molar-refractivity contribution in [2.45, 2.75) is 71.3 Å². The average molecular weight is 420 g/mol. The van der Waals surface area contributed by atoms with Crippen LogP contribution in [0, 0.1) is 23.7 Å². The van der Waals surface area contributed by atoms with Crippen LogP contribution in [0.5, 0.6) is 0 Å². The minimum atomic E-state index is -0.871. The number of anilines is 1. The molecular weight excluding hydrogens is 390 g/mol. The highest BCUT2D eigenvalue weighted by atomic mass is 32.1. The highest BCUT2D eigenvalue weighted by Gasteiger charge is 2.50. The lowest BCUT2D eigenvalue weighted by Crippen LogP contribution is -2.49. The predicted octanol–water partition coefficient (Wildman–Crippen LogP) is 4.27. The zero-order valence-corrected chi connectivity index (χ0v) is 17.8. The number of rotatable bonds is 5. The number of hydrogen-bond acceptors (Lipinski definition) is 5. The number of hydrogen-bond donors (Lipinski definition) is 2. The fourth-order valence-electron chi connectivity index (χ4n) is 5.52. The van der Waals surface area contributed by atoms with E-state index in [0.717, 1.165) is 61.8 Å². The van der Waals surface area contributed by atoms with Crippen molar-refractivity contribution < 1.29 is 24.2 Å². The molecule has 2 atom stereocenters. The Hall–Kier alpha value is -1.89. The molecule has 1 aromatic rings. The summed E-state index contributed by atoms with van der Waals surface area (Å²) in [5.74, 6) is -2.46. The average Bonchev–Trinajstić information content (AvgIpc) is 3.05. The summed E-state index contributed by atoms with van der Waals surface area (Å²) >= 11 is 1.46. The lowest BCUT2D eigenvalue weighted by Gasteiger charge is -2.45. The molecule has 29 heavy (non-hydrogen) atoms. The van der Waals surface area contributed by atoms with Crippen LogP contribution >= 0.6 is 11.3 Å². The van der Waals surface area contributed by atoms with Crippen molar-refractivity contribution in [2.24, 2.45) is 23.7 Å². The Labute approximate surface area is 175 Å². The first-order valence-corrected chi connectivity index (χ1v) is 11.6. The van der Waals surface area contributed by atoms with Gasteiger partial charge in [-0.3, -0.25) is 9.59 Å². The molecule has 1 amide bonds. The van der Waals surface area contributed by atoms with Gasteiger partial charge >= 0.3 is 11.9 Å². The van der Waals surface area contributed by atoms with E-state index in [4.69, 9.17) is 4.74 Å². The maximum atomic E-state index is 13.3. The SMILES string of the molecule is CC(C)OC(=O)c1c(NC(=O)[C@@H]2C3CCC(CC3)[C@H]2C(=O)O)sc2c1CCCC2. The molecule has 2 N–H and O–H groups in total. The van der Waals surface area contributed by atoms with Crippen LogP contribution in [-0.2, 0) is 27.2 Å². The van der Waals surface area contributed by atoms with E-state index >= 15 is 0 Å². The Morgan fingerprint density at radius 1 is 1.03 bits per heavy atom. The fraction of sp³-hybridized carbons (Fsp3) is 0.682. The van der Waals surface area contributed by atoms with Crippen molar-refractivity contribution in [2.75, 3.05) is 5.32 Å². The van der Waals surface area contributed by atoms with Crippen molar-refractivity contribution in [1.82, 2.24) is 0 Å². The second-order valence-electron chi connectivity index (χ2n) is 8.92. The van der Waals surface area contributed by atoms with Gasteiger partial charge < -0.3 is 15.2 Å². The van der Waals surface area contributed by atoms with E-state index in [1.807, 2.05) is 13.8 Å². The third kappa shape index (κ3) is 3.81. The minimum absolute atomic E-state index is 0.0789. The van der Waals surface area contributed by atoms with Gasteiger partial charge in [0.2, 0.25) is 5.91 Å². The zero-order chi connectivity index (χ0) is 20.7. The van der Waals surface area contributed by atoms with Crippen molar-refractivity contribution >= 4 is 34.2 Å². The zero-order valence-electron chi connectivity index (χ0n) is 17.0. The maximum absolute atomic E-state index is 13.3. The highest BCUT2D eigenvalue weighted by molar-refractivity contribution is 7.17. The molecule has 7 heteroatoms. The molecule has 0 radical (unpaired) electrons. The number of aryl methyl sites for hydroxylation is 1. The molecule has 0 unspecified atom stereocenters. The maximum Gasteiger partial charge on any atom is 0.341 e. The van der Waals surface area contributed by atoms with Crippen LogP contribution in [0.15, 0.2) is 0 Å². The largest absolute Gasteiger partial charge is 0.481 e. The minimum Gasteiger partial charge on any atom is -0.481 e. The Balaban J connectivity index is 1.63. The Morgan fingerprint density at radius 2 is 1.66 bits per heavy atom. The lowest BCUT2D eigenvalue weighted by atomic mass is 9.58. The molecule has 1 heterocycles. The highest BCUT2D eigenvalue weighted by Crippen LogP contribution is 2.50. The number of ether oxygens (including phenoxy) is 1. The lowest BCUT2D eigenvalue weighted by molar-refractivity contribution is -0.156. The Bertz CT molecular complexity index is 821. The summed E-state index contributed by atoms with van der Waals surface area (Å²) in [4.78, 5) is 39.1. The monoisotopic (exact) mass is 419 g/mol. The molecule has 1 aromatic heterocycles. The van der Waals surface area contributed by atoms with E-state index in [1.54, 1.807) is 0 Å². The van der Waals surface area contributed by atoms with Crippen LogP contribution in [0.3, 0.4) is 0 Å². The number of aliphatic carboxylic acids is 1. The molecule has 4 aliphatic carbocycles. The number of nitrogens with one attached hydrogen (secondary N) is 1. The fourth-order valence-corrected chi connectivity index (χ4v) is 6.80. The van der Waals surface area contributed by atoms with E-state index in [0.29, 0.717) is 10.6 Å². The van der Waals surface area contributed by atoms with Crippen LogP contribution in [0.4, 0.5) is 5.00 Å². The molecule has 6 nitrogen and oxygen atoms in total. The number of fused-ring (bicyclic) bond motifs is 4. The molecule has 0 aromatic carbocycles. The van der Waals surface area contributed by atoms with Crippen LogP contribution in [-0.4, -0.2) is 29.1 Å². The molecule has 158 valence electrons. The molecule has 0 spiro atoms. The second-order valence-corrected chi connectivity index (χ2v) is 10.0. The topological polar surface area (TPSA) is 92.7 Å². The van der Waals surface area contributed by atoms with Crippen molar-refractivity contribution in [3.8, 4) is 0 Å². The van der Waals surface area contributed by atoms with Crippen LogP contribution in [0.1, 0.15) is 73.2 Å². The summed E-state index contributed by atoms with van der Waals surface area (Å²) in [5, 5.41) is 13.3. The van der Waals surface area contributed by atoms with Crippen LogP contribution in [0.2, 0.25) is 0 Å². The Morgan fingerprint density at radius 3 is 2.28 bits per heavy atom. The molecule has 0 saturated heterocycles. The molecule has 3 fully saturated rings. The molecule has 2 bridgehead atoms. The van der Waals surface area contributed by atoms with Crippen molar-refractivity contribution in [3.05, 3.63) is 16.0 Å². The van der Waals surface area contributed by atoms with E-state index in [2.05, 4.69) is 5.32 Å².